The highest BCUT2D eigenvalue weighted by Crippen LogP contribution is 2.23. The molecular weight excluding hydrogens is 386 g/mol. The molecule has 0 aliphatic carbocycles. The van der Waals surface area contributed by atoms with E-state index in [0.717, 1.165) is 5.69 Å². The molecule has 0 radical (unpaired) electrons. The highest BCUT2D eigenvalue weighted by Gasteiger charge is 2.29. The Balaban J connectivity index is 1.71. The van der Waals surface area contributed by atoms with Crippen molar-refractivity contribution in [3.05, 3.63) is 64.2 Å². The SMILES string of the molecule is COC(=O)c1cccc(S(=O)(=O)N2CCN(c3ccc([N+](=O)[O-])cc3)CC2)c1. The van der Waals surface area contributed by atoms with Crippen molar-refractivity contribution in [2.24, 2.45) is 0 Å². The second-order valence-corrected chi connectivity index (χ2v) is 8.12. The van der Waals surface area contributed by atoms with Crippen LogP contribution in [0.5, 0.6) is 0 Å². The summed E-state index contributed by atoms with van der Waals surface area (Å²) >= 11 is 0. The number of methoxy groups -OCH3 is 1. The molecule has 1 aliphatic heterocycles. The summed E-state index contributed by atoms with van der Waals surface area (Å²) in [5.74, 6) is -0.597. The second-order valence-electron chi connectivity index (χ2n) is 6.18. The average Bonchev–Trinajstić information content (AvgIpc) is 2.73. The summed E-state index contributed by atoms with van der Waals surface area (Å²) in [5, 5.41) is 10.8. The van der Waals surface area contributed by atoms with E-state index >= 15 is 0 Å². The molecule has 0 amide bonds. The van der Waals surface area contributed by atoms with Gasteiger partial charge in [0.1, 0.15) is 0 Å². The van der Waals surface area contributed by atoms with Crippen LogP contribution in [0.2, 0.25) is 0 Å². The first-order valence-electron chi connectivity index (χ1n) is 8.51. The molecule has 0 N–H and O–H groups in total. The van der Waals surface area contributed by atoms with Gasteiger partial charge < -0.3 is 9.64 Å². The molecule has 148 valence electrons. The van der Waals surface area contributed by atoms with Crippen molar-refractivity contribution in [2.45, 2.75) is 4.90 Å². The number of rotatable bonds is 5. The van der Waals surface area contributed by atoms with E-state index < -0.39 is 20.9 Å². The Bertz CT molecular complexity index is 983. The summed E-state index contributed by atoms with van der Waals surface area (Å²) in [7, 11) is -2.50. The predicted molar refractivity (Wildman–Crippen MR) is 102 cm³/mol. The molecular formula is C18H19N3O6S. The van der Waals surface area contributed by atoms with Crippen LogP contribution in [0, 0.1) is 10.1 Å². The van der Waals surface area contributed by atoms with Gasteiger partial charge in [-0.25, -0.2) is 13.2 Å². The molecule has 2 aromatic rings. The summed E-state index contributed by atoms with van der Waals surface area (Å²) in [6.45, 7) is 1.44. The predicted octanol–water partition coefficient (Wildman–Crippen LogP) is 1.89. The standard InChI is InChI=1S/C18H19N3O6S/c1-27-18(22)14-3-2-4-17(13-14)28(25,26)20-11-9-19(10-12-20)15-5-7-16(8-6-15)21(23)24/h2-8,13H,9-12H2,1H3. The number of nitrogens with zero attached hydrogens (tertiary/aromatic N) is 3. The summed E-state index contributed by atoms with van der Waals surface area (Å²) in [4.78, 5) is 24.0. The Labute approximate surface area is 162 Å². The van der Waals surface area contributed by atoms with Crippen molar-refractivity contribution >= 4 is 27.4 Å². The van der Waals surface area contributed by atoms with Crippen LogP contribution in [-0.2, 0) is 14.8 Å². The van der Waals surface area contributed by atoms with Gasteiger partial charge in [-0.15, -0.1) is 0 Å². The number of benzene rings is 2. The lowest BCUT2D eigenvalue weighted by Crippen LogP contribution is -2.48. The van der Waals surface area contributed by atoms with E-state index in [1.54, 1.807) is 12.1 Å². The number of anilines is 1. The number of carbonyl (C=O) groups excluding carboxylic acids is 1. The van der Waals surface area contributed by atoms with Crippen LogP contribution < -0.4 is 4.90 Å². The summed E-state index contributed by atoms with van der Waals surface area (Å²) in [6.07, 6.45) is 0. The molecule has 0 spiro atoms. The Kier molecular flexibility index (Phi) is 5.61. The highest BCUT2D eigenvalue weighted by atomic mass is 32.2. The monoisotopic (exact) mass is 405 g/mol. The first-order valence-corrected chi connectivity index (χ1v) is 9.95. The molecule has 1 saturated heterocycles. The van der Waals surface area contributed by atoms with Gasteiger partial charge in [-0.05, 0) is 30.3 Å². The first kappa shape index (κ1) is 19.8. The zero-order chi connectivity index (χ0) is 20.3. The van der Waals surface area contributed by atoms with Crippen LogP contribution >= 0.6 is 0 Å². The minimum atomic E-state index is -3.74. The van der Waals surface area contributed by atoms with Gasteiger partial charge in [-0.2, -0.15) is 4.31 Å². The lowest BCUT2D eigenvalue weighted by molar-refractivity contribution is -0.384. The Morgan fingerprint density at radius 2 is 1.71 bits per heavy atom. The van der Waals surface area contributed by atoms with E-state index in [9.17, 15) is 23.3 Å². The van der Waals surface area contributed by atoms with Crippen molar-refractivity contribution in [3.8, 4) is 0 Å². The van der Waals surface area contributed by atoms with E-state index in [1.807, 2.05) is 4.90 Å². The molecule has 0 atom stereocenters. The van der Waals surface area contributed by atoms with Crippen LogP contribution in [-0.4, -0.2) is 56.9 Å². The van der Waals surface area contributed by atoms with Gasteiger partial charge in [0.2, 0.25) is 10.0 Å². The van der Waals surface area contributed by atoms with E-state index in [4.69, 9.17) is 0 Å². The largest absolute Gasteiger partial charge is 0.465 e. The number of esters is 1. The fourth-order valence-electron chi connectivity index (χ4n) is 3.02. The first-order chi connectivity index (χ1) is 13.3. The number of carbonyl (C=O) groups is 1. The van der Waals surface area contributed by atoms with E-state index in [1.165, 1.54) is 47.8 Å². The van der Waals surface area contributed by atoms with Crippen molar-refractivity contribution in [3.63, 3.8) is 0 Å². The third kappa shape index (κ3) is 3.97. The van der Waals surface area contributed by atoms with Gasteiger partial charge in [-0.3, -0.25) is 10.1 Å². The van der Waals surface area contributed by atoms with E-state index in [2.05, 4.69) is 4.74 Å². The fourth-order valence-corrected chi connectivity index (χ4v) is 4.49. The van der Waals surface area contributed by atoms with Gasteiger partial charge in [0.15, 0.2) is 0 Å². The molecule has 1 fully saturated rings. The van der Waals surface area contributed by atoms with Crippen LogP contribution in [0.3, 0.4) is 0 Å². The maximum atomic E-state index is 12.9. The van der Waals surface area contributed by atoms with E-state index in [0.29, 0.717) is 13.1 Å². The molecule has 0 saturated carbocycles. The molecule has 1 aliphatic rings. The van der Waals surface area contributed by atoms with Crippen molar-refractivity contribution in [1.29, 1.82) is 0 Å². The highest BCUT2D eigenvalue weighted by molar-refractivity contribution is 7.89. The molecule has 1 heterocycles. The molecule has 0 bridgehead atoms. The lowest BCUT2D eigenvalue weighted by Gasteiger charge is -2.35. The maximum Gasteiger partial charge on any atom is 0.337 e. The van der Waals surface area contributed by atoms with E-state index in [-0.39, 0.29) is 29.2 Å². The zero-order valence-corrected chi connectivity index (χ0v) is 16.0. The number of nitro benzene ring substituents is 1. The van der Waals surface area contributed by atoms with Crippen molar-refractivity contribution in [1.82, 2.24) is 4.31 Å². The summed E-state index contributed by atoms with van der Waals surface area (Å²) < 4.78 is 31.8. The zero-order valence-electron chi connectivity index (χ0n) is 15.1. The number of hydrogen-bond acceptors (Lipinski definition) is 7. The molecule has 9 nitrogen and oxygen atoms in total. The minimum absolute atomic E-state index is 0.00968. The topological polar surface area (TPSA) is 110 Å². The Morgan fingerprint density at radius 3 is 2.29 bits per heavy atom. The maximum absolute atomic E-state index is 12.9. The van der Waals surface area contributed by atoms with Crippen LogP contribution in [0.1, 0.15) is 10.4 Å². The lowest BCUT2D eigenvalue weighted by atomic mass is 10.2. The van der Waals surface area contributed by atoms with Crippen molar-refractivity contribution in [2.75, 3.05) is 38.2 Å². The summed E-state index contributed by atoms with van der Waals surface area (Å²) in [5.41, 5.74) is 0.985. The number of non-ortho nitro benzene ring substituents is 1. The third-order valence-electron chi connectivity index (χ3n) is 4.56. The Morgan fingerprint density at radius 1 is 1.07 bits per heavy atom. The summed E-state index contributed by atoms with van der Waals surface area (Å²) in [6, 6.07) is 11.9. The number of sulfonamides is 1. The fraction of sp³-hybridized carbons (Fsp3) is 0.278. The molecule has 28 heavy (non-hydrogen) atoms. The van der Waals surface area contributed by atoms with Gasteiger partial charge in [-0.1, -0.05) is 6.07 Å². The number of nitro groups is 1. The minimum Gasteiger partial charge on any atom is -0.465 e. The number of piperazine rings is 1. The van der Waals surface area contributed by atoms with Crippen LogP contribution in [0.4, 0.5) is 11.4 Å². The van der Waals surface area contributed by atoms with Crippen LogP contribution in [0.15, 0.2) is 53.4 Å². The molecule has 0 unspecified atom stereocenters. The quantitative estimate of drug-likeness (QED) is 0.424. The molecule has 10 heteroatoms. The third-order valence-corrected chi connectivity index (χ3v) is 6.45. The second kappa shape index (κ2) is 7.95. The Hall–Kier alpha value is -2.98. The van der Waals surface area contributed by atoms with Crippen molar-refractivity contribution < 1.29 is 22.9 Å². The molecule has 2 aromatic carbocycles. The van der Waals surface area contributed by atoms with Crippen LogP contribution in [0.25, 0.3) is 0 Å². The number of ether oxygens (including phenoxy) is 1. The molecule has 3 rings (SSSR count). The van der Waals surface area contributed by atoms with Gasteiger partial charge >= 0.3 is 5.97 Å². The molecule has 0 aromatic heterocycles. The average molecular weight is 405 g/mol. The number of hydrogen-bond donors (Lipinski definition) is 0. The smallest absolute Gasteiger partial charge is 0.337 e. The van der Waals surface area contributed by atoms with Gasteiger partial charge in [0.05, 0.1) is 22.5 Å². The van der Waals surface area contributed by atoms with Gasteiger partial charge in [0, 0.05) is 44.0 Å². The normalized spacial score (nSPS) is 15.2. The van der Waals surface area contributed by atoms with Gasteiger partial charge in [0.25, 0.3) is 5.69 Å².